The van der Waals surface area contributed by atoms with Crippen molar-refractivity contribution in [2.45, 2.75) is 6.54 Å². The van der Waals surface area contributed by atoms with E-state index in [4.69, 9.17) is 0 Å². The van der Waals surface area contributed by atoms with E-state index in [0.29, 0.717) is 38.4 Å². The minimum atomic E-state index is -0.305. The fourth-order valence-electron chi connectivity index (χ4n) is 4.34. The van der Waals surface area contributed by atoms with Crippen LogP contribution in [-0.4, -0.2) is 46.5 Å². The number of pyridine rings is 2. The molecular weight excluding hydrogens is 434 g/mol. The summed E-state index contributed by atoms with van der Waals surface area (Å²) >= 11 is 1.44. The van der Waals surface area contributed by atoms with Gasteiger partial charge in [0, 0.05) is 44.0 Å². The third kappa shape index (κ3) is 3.88. The van der Waals surface area contributed by atoms with E-state index in [-0.39, 0.29) is 17.0 Å². The van der Waals surface area contributed by atoms with Crippen molar-refractivity contribution >= 4 is 33.8 Å². The Hall–Kier alpha value is -3.96. The van der Waals surface area contributed by atoms with Gasteiger partial charge in [-0.2, -0.15) is 5.26 Å². The van der Waals surface area contributed by atoms with E-state index in [1.54, 1.807) is 17.0 Å². The summed E-state index contributed by atoms with van der Waals surface area (Å²) in [5.41, 5.74) is 2.22. The number of carbonyl (C=O) groups excluding carboxylic acids is 1. The maximum absolute atomic E-state index is 13.4. The molecule has 0 atom stereocenters. The number of hydrogen-bond donors (Lipinski definition) is 0. The molecule has 1 amide bonds. The third-order valence-electron chi connectivity index (χ3n) is 5.96. The van der Waals surface area contributed by atoms with Crippen molar-refractivity contribution in [1.29, 1.82) is 5.26 Å². The number of nitrogens with zero attached hydrogens (tertiary/aromatic N) is 5. The number of fused-ring (bicyclic) bond motifs is 1. The molecule has 0 N–H and O–H groups in total. The van der Waals surface area contributed by atoms with Crippen LogP contribution in [0.15, 0.2) is 71.1 Å². The van der Waals surface area contributed by atoms with Gasteiger partial charge in [-0.3, -0.25) is 14.6 Å². The average Bonchev–Trinajstić information content (AvgIpc) is 3.41. The van der Waals surface area contributed by atoms with E-state index >= 15 is 0 Å². The molecule has 5 rings (SSSR count). The number of hydrogen-bond acceptors (Lipinski definition) is 6. The van der Waals surface area contributed by atoms with Gasteiger partial charge in [-0.1, -0.05) is 24.3 Å². The topological polar surface area (TPSA) is 82.2 Å². The number of piperazine rings is 1. The van der Waals surface area contributed by atoms with Gasteiger partial charge in [-0.05, 0) is 35.2 Å². The Morgan fingerprint density at radius 2 is 1.79 bits per heavy atom. The first kappa shape index (κ1) is 20.9. The zero-order chi connectivity index (χ0) is 22.8. The van der Waals surface area contributed by atoms with Crippen LogP contribution in [-0.2, 0) is 6.54 Å². The molecule has 0 aliphatic carbocycles. The number of para-hydroxylation sites is 1. The Kier molecular flexibility index (Phi) is 5.63. The van der Waals surface area contributed by atoms with Gasteiger partial charge >= 0.3 is 0 Å². The van der Waals surface area contributed by atoms with Crippen molar-refractivity contribution in [3.05, 3.63) is 92.7 Å². The highest BCUT2D eigenvalue weighted by molar-refractivity contribution is 7.12. The highest BCUT2D eigenvalue weighted by atomic mass is 32.1. The largest absolute Gasteiger partial charge is 0.366 e. The van der Waals surface area contributed by atoms with Crippen LogP contribution >= 0.6 is 11.3 Å². The predicted molar refractivity (Wildman–Crippen MR) is 129 cm³/mol. The number of rotatable bonds is 4. The molecule has 0 saturated carbocycles. The standard InChI is InChI=1S/C25H21N5O2S/c26-16-20-23(28-11-13-29(14-12-28)25(32)22-6-3-15-33-22)19-4-1-2-5-21(19)30(24(20)31)17-18-7-9-27-10-8-18/h1-10,15H,11-14,17H2. The summed E-state index contributed by atoms with van der Waals surface area (Å²) < 4.78 is 1.66. The number of amides is 1. The van der Waals surface area contributed by atoms with Crippen LogP contribution in [0.25, 0.3) is 10.9 Å². The molecule has 164 valence electrons. The first-order valence-electron chi connectivity index (χ1n) is 10.7. The molecule has 3 aromatic heterocycles. The molecule has 8 heteroatoms. The van der Waals surface area contributed by atoms with Crippen molar-refractivity contribution in [2.24, 2.45) is 0 Å². The first-order valence-corrected chi connectivity index (χ1v) is 11.6. The van der Waals surface area contributed by atoms with E-state index in [0.717, 1.165) is 21.3 Å². The van der Waals surface area contributed by atoms with Gasteiger partial charge in [-0.15, -0.1) is 11.3 Å². The number of aromatic nitrogens is 2. The molecule has 1 saturated heterocycles. The van der Waals surface area contributed by atoms with Crippen molar-refractivity contribution in [3.63, 3.8) is 0 Å². The second-order valence-electron chi connectivity index (χ2n) is 7.86. The summed E-state index contributed by atoms with van der Waals surface area (Å²) in [6.07, 6.45) is 3.39. The Balaban J connectivity index is 1.52. The zero-order valence-electron chi connectivity index (χ0n) is 17.8. The van der Waals surface area contributed by atoms with Gasteiger partial charge in [0.25, 0.3) is 11.5 Å². The van der Waals surface area contributed by atoms with E-state index in [1.807, 2.05) is 58.8 Å². The summed E-state index contributed by atoms with van der Waals surface area (Å²) in [4.78, 5) is 34.8. The lowest BCUT2D eigenvalue weighted by atomic mass is 10.1. The van der Waals surface area contributed by atoms with E-state index in [1.165, 1.54) is 11.3 Å². The van der Waals surface area contributed by atoms with Gasteiger partial charge in [0.05, 0.1) is 22.6 Å². The SMILES string of the molecule is N#Cc1c(N2CCN(C(=O)c3cccs3)CC2)c2ccccc2n(Cc2ccncc2)c1=O. The summed E-state index contributed by atoms with van der Waals surface area (Å²) in [6.45, 7) is 2.55. The zero-order valence-corrected chi connectivity index (χ0v) is 18.7. The normalized spacial score (nSPS) is 13.8. The number of thiophene rings is 1. The number of carbonyl (C=O) groups is 1. The van der Waals surface area contributed by atoms with Gasteiger partial charge in [0.15, 0.2) is 0 Å². The van der Waals surface area contributed by atoms with Crippen LogP contribution in [0.5, 0.6) is 0 Å². The Morgan fingerprint density at radius 3 is 2.48 bits per heavy atom. The van der Waals surface area contributed by atoms with Crippen molar-refractivity contribution in [2.75, 3.05) is 31.1 Å². The minimum Gasteiger partial charge on any atom is -0.366 e. The first-order chi connectivity index (χ1) is 16.2. The van der Waals surface area contributed by atoms with Gasteiger partial charge in [0.2, 0.25) is 0 Å². The van der Waals surface area contributed by atoms with Crippen LogP contribution in [0.3, 0.4) is 0 Å². The van der Waals surface area contributed by atoms with Crippen LogP contribution in [0.2, 0.25) is 0 Å². The fraction of sp³-hybridized carbons (Fsp3) is 0.200. The molecule has 4 aromatic rings. The molecule has 33 heavy (non-hydrogen) atoms. The number of nitriles is 1. The van der Waals surface area contributed by atoms with Gasteiger partial charge in [0.1, 0.15) is 11.6 Å². The van der Waals surface area contributed by atoms with Crippen LogP contribution in [0, 0.1) is 11.3 Å². The lowest BCUT2D eigenvalue weighted by Crippen LogP contribution is -2.49. The predicted octanol–water partition coefficient (Wildman–Crippen LogP) is 3.34. The third-order valence-corrected chi connectivity index (χ3v) is 6.82. The summed E-state index contributed by atoms with van der Waals surface area (Å²) in [7, 11) is 0. The summed E-state index contributed by atoms with van der Waals surface area (Å²) in [6, 6.07) is 17.3. The Morgan fingerprint density at radius 1 is 1.03 bits per heavy atom. The smallest absolute Gasteiger partial charge is 0.271 e. The Labute approximate surface area is 194 Å². The van der Waals surface area contributed by atoms with Gasteiger partial charge in [-0.25, -0.2) is 0 Å². The molecule has 1 aliphatic heterocycles. The van der Waals surface area contributed by atoms with E-state index in [9.17, 15) is 14.9 Å². The molecule has 1 aliphatic rings. The molecule has 4 heterocycles. The lowest BCUT2D eigenvalue weighted by Gasteiger charge is -2.37. The van der Waals surface area contributed by atoms with Crippen molar-refractivity contribution in [1.82, 2.24) is 14.5 Å². The van der Waals surface area contributed by atoms with Crippen molar-refractivity contribution in [3.8, 4) is 6.07 Å². The molecule has 0 bridgehead atoms. The fourth-order valence-corrected chi connectivity index (χ4v) is 5.03. The molecule has 1 aromatic carbocycles. The molecule has 1 fully saturated rings. The second kappa shape index (κ2) is 8.88. The van der Waals surface area contributed by atoms with Crippen molar-refractivity contribution < 1.29 is 4.79 Å². The monoisotopic (exact) mass is 455 g/mol. The van der Waals surface area contributed by atoms with Crippen LogP contribution in [0.1, 0.15) is 20.8 Å². The van der Waals surface area contributed by atoms with E-state index in [2.05, 4.69) is 16.0 Å². The highest BCUT2D eigenvalue weighted by Gasteiger charge is 2.27. The molecular formula is C25H21N5O2S. The number of benzene rings is 1. The summed E-state index contributed by atoms with van der Waals surface area (Å²) in [5.74, 6) is 0.0304. The molecule has 0 spiro atoms. The Bertz CT molecular complexity index is 1400. The maximum Gasteiger partial charge on any atom is 0.271 e. The second-order valence-corrected chi connectivity index (χ2v) is 8.80. The lowest BCUT2D eigenvalue weighted by molar-refractivity contribution is 0.0751. The molecule has 0 radical (unpaired) electrons. The minimum absolute atomic E-state index is 0.0304. The van der Waals surface area contributed by atoms with E-state index < -0.39 is 0 Å². The van der Waals surface area contributed by atoms with Gasteiger partial charge < -0.3 is 14.4 Å². The van der Waals surface area contributed by atoms with Crippen LogP contribution in [0.4, 0.5) is 5.69 Å². The average molecular weight is 456 g/mol. The number of anilines is 1. The maximum atomic E-state index is 13.4. The quantitative estimate of drug-likeness (QED) is 0.471. The summed E-state index contributed by atoms with van der Waals surface area (Å²) in [5, 5.41) is 12.7. The highest BCUT2D eigenvalue weighted by Crippen LogP contribution is 2.30. The molecule has 7 nitrogen and oxygen atoms in total. The molecule has 0 unspecified atom stereocenters. The van der Waals surface area contributed by atoms with Crippen LogP contribution < -0.4 is 10.5 Å².